The van der Waals surface area contributed by atoms with Crippen LogP contribution in [0.15, 0.2) is 0 Å². The number of hydrogen-bond acceptors (Lipinski definition) is 3. The predicted molar refractivity (Wildman–Crippen MR) is 61.6 cm³/mol. The molecule has 0 bridgehead atoms. The van der Waals surface area contributed by atoms with Gasteiger partial charge >= 0.3 is 0 Å². The molecule has 0 aliphatic carbocycles. The van der Waals surface area contributed by atoms with Crippen LogP contribution in [-0.4, -0.2) is 54.5 Å². The summed E-state index contributed by atoms with van der Waals surface area (Å²) < 4.78 is 0. The van der Waals surface area contributed by atoms with Gasteiger partial charge in [-0.3, -0.25) is 9.69 Å². The van der Waals surface area contributed by atoms with Crippen molar-refractivity contribution < 1.29 is 4.79 Å². The Morgan fingerprint density at radius 2 is 2.27 bits per heavy atom. The molecule has 0 radical (unpaired) electrons. The Bertz CT molecular complexity index is 218. The summed E-state index contributed by atoms with van der Waals surface area (Å²) in [6.07, 6.45) is 2.50. The number of amides is 1. The van der Waals surface area contributed by atoms with Gasteiger partial charge in [0.15, 0.2) is 0 Å². The number of hydrogen-bond donors (Lipinski definition) is 1. The van der Waals surface area contributed by atoms with Crippen molar-refractivity contribution >= 4 is 5.91 Å². The molecule has 1 heterocycles. The van der Waals surface area contributed by atoms with E-state index in [0.29, 0.717) is 18.6 Å². The topological polar surface area (TPSA) is 49.6 Å². The minimum Gasteiger partial charge on any atom is -0.369 e. The minimum absolute atomic E-state index is 0.232. The van der Waals surface area contributed by atoms with Gasteiger partial charge in [-0.15, -0.1) is 0 Å². The largest absolute Gasteiger partial charge is 0.369 e. The fourth-order valence-electron chi connectivity index (χ4n) is 2.14. The number of likely N-dealkylation sites (N-methyl/N-ethyl adjacent to an activating group) is 1. The Morgan fingerprint density at radius 1 is 1.60 bits per heavy atom. The summed E-state index contributed by atoms with van der Waals surface area (Å²) in [5, 5.41) is 0. The first-order valence-electron chi connectivity index (χ1n) is 5.73. The normalized spacial score (nSPS) is 22.9. The molecule has 4 nitrogen and oxygen atoms in total. The Hall–Kier alpha value is -0.610. The molecule has 0 unspecified atom stereocenters. The number of nitrogens with two attached hydrogens (primary N) is 1. The highest BCUT2D eigenvalue weighted by molar-refractivity contribution is 5.75. The lowest BCUT2D eigenvalue weighted by atomic mass is 10.2. The molecule has 0 aromatic heterocycles. The van der Waals surface area contributed by atoms with Crippen molar-refractivity contribution in [2.75, 3.05) is 26.7 Å². The van der Waals surface area contributed by atoms with Gasteiger partial charge in [-0.2, -0.15) is 0 Å². The Balaban J connectivity index is 2.46. The van der Waals surface area contributed by atoms with Gasteiger partial charge < -0.3 is 10.6 Å². The van der Waals surface area contributed by atoms with E-state index in [1.807, 2.05) is 0 Å². The van der Waals surface area contributed by atoms with Crippen LogP contribution >= 0.6 is 0 Å². The summed E-state index contributed by atoms with van der Waals surface area (Å²) in [6, 6.07) is 0.971. The van der Waals surface area contributed by atoms with Gasteiger partial charge in [-0.05, 0) is 40.3 Å². The molecule has 2 N–H and O–H groups in total. The van der Waals surface area contributed by atoms with Gasteiger partial charge in [0.2, 0.25) is 5.91 Å². The first-order chi connectivity index (χ1) is 7.00. The number of nitrogens with zero attached hydrogens (tertiary/aromatic N) is 2. The molecule has 1 atom stereocenters. The van der Waals surface area contributed by atoms with Crippen LogP contribution in [0.5, 0.6) is 0 Å². The van der Waals surface area contributed by atoms with E-state index in [0.717, 1.165) is 6.54 Å². The highest BCUT2D eigenvalue weighted by Crippen LogP contribution is 2.16. The van der Waals surface area contributed by atoms with Crippen LogP contribution in [0.3, 0.4) is 0 Å². The van der Waals surface area contributed by atoms with E-state index in [1.54, 1.807) is 0 Å². The molecular formula is C11H23N3O. The lowest BCUT2D eigenvalue weighted by Gasteiger charge is -2.30. The molecule has 1 aliphatic heterocycles. The molecule has 1 amide bonds. The third kappa shape index (κ3) is 3.80. The first-order valence-corrected chi connectivity index (χ1v) is 5.73. The summed E-state index contributed by atoms with van der Waals surface area (Å²) >= 11 is 0. The van der Waals surface area contributed by atoms with Crippen molar-refractivity contribution in [3.63, 3.8) is 0 Å². The minimum atomic E-state index is -0.232. The van der Waals surface area contributed by atoms with Crippen LogP contribution in [0.1, 0.15) is 26.7 Å². The Labute approximate surface area is 92.4 Å². The zero-order valence-electron chi connectivity index (χ0n) is 10.1. The fourth-order valence-corrected chi connectivity index (χ4v) is 2.14. The zero-order chi connectivity index (χ0) is 11.4. The maximum atomic E-state index is 10.9. The van der Waals surface area contributed by atoms with E-state index in [4.69, 9.17) is 5.73 Å². The maximum Gasteiger partial charge on any atom is 0.231 e. The lowest BCUT2D eigenvalue weighted by molar-refractivity contribution is -0.119. The van der Waals surface area contributed by atoms with Crippen molar-refractivity contribution in [2.24, 2.45) is 5.73 Å². The monoisotopic (exact) mass is 213 g/mol. The number of likely N-dealkylation sites (tertiary alicyclic amines) is 1. The average Bonchev–Trinajstić information content (AvgIpc) is 2.50. The molecule has 1 fully saturated rings. The quantitative estimate of drug-likeness (QED) is 0.713. The van der Waals surface area contributed by atoms with E-state index in [1.165, 1.54) is 19.4 Å². The summed E-state index contributed by atoms with van der Waals surface area (Å²) in [4.78, 5) is 15.5. The Morgan fingerprint density at radius 3 is 2.67 bits per heavy atom. The molecule has 88 valence electrons. The molecule has 15 heavy (non-hydrogen) atoms. The second kappa shape index (κ2) is 5.47. The third-order valence-electron chi connectivity index (χ3n) is 3.21. The summed E-state index contributed by atoms with van der Waals surface area (Å²) in [7, 11) is 2.15. The molecule has 0 saturated carbocycles. The van der Waals surface area contributed by atoms with E-state index in [2.05, 4.69) is 30.7 Å². The van der Waals surface area contributed by atoms with Gasteiger partial charge in [0.05, 0.1) is 6.54 Å². The van der Waals surface area contributed by atoms with Gasteiger partial charge in [0.25, 0.3) is 0 Å². The second-order valence-electron chi connectivity index (χ2n) is 4.77. The summed E-state index contributed by atoms with van der Waals surface area (Å²) in [5.41, 5.74) is 5.25. The van der Waals surface area contributed by atoms with E-state index in [9.17, 15) is 4.79 Å². The molecule has 1 saturated heterocycles. The number of carbonyl (C=O) groups excluding carboxylic acids is 1. The smallest absolute Gasteiger partial charge is 0.231 e. The highest BCUT2D eigenvalue weighted by Gasteiger charge is 2.24. The van der Waals surface area contributed by atoms with Crippen LogP contribution in [0.25, 0.3) is 0 Å². The van der Waals surface area contributed by atoms with Crippen LogP contribution < -0.4 is 5.73 Å². The van der Waals surface area contributed by atoms with Gasteiger partial charge in [-0.25, -0.2) is 0 Å². The molecule has 0 spiro atoms. The van der Waals surface area contributed by atoms with Crippen LogP contribution in [0, 0.1) is 0 Å². The predicted octanol–water partition coefficient (Wildman–Crippen LogP) is 0.276. The number of rotatable bonds is 5. The maximum absolute atomic E-state index is 10.9. The van der Waals surface area contributed by atoms with Crippen molar-refractivity contribution in [1.82, 2.24) is 9.80 Å². The zero-order valence-corrected chi connectivity index (χ0v) is 10.1. The second-order valence-corrected chi connectivity index (χ2v) is 4.77. The van der Waals surface area contributed by atoms with E-state index >= 15 is 0 Å². The summed E-state index contributed by atoms with van der Waals surface area (Å²) in [5.74, 6) is -0.232. The average molecular weight is 213 g/mol. The molecule has 1 aliphatic rings. The van der Waals surface area contributed by atoms with Gasteiger partial charge in [0, 0.05) is 18.6 Å². The van der Waals surface area contributed by atoms with Crippen molar-refractivity contribution in [3.8, 4) is 0 Å². The SMILES string of the molecule is CC(C)N(CC(N)=O)C[C@@H]1CCCN1C. The lowest BCUT2D eigenvalue weighted by Crippen LogP contribution is -2.45. The fraction of sp³-hybridized carbons (Fsp3) is 0.909. The van der Waals surface area contributed by atoms with Gasteiger partial charge in [-0.1, -0.05) is 0 Å². The van der Waals surface area contributed by atoms with Crippen molar-refractivity contribution in [2.45, 2.75) is 38.8 Å². The molecule has 0 aromatic carbocycles. The molecule has 0 aromatic rings. The highest BCUT2D eigenvalue weighted by atomic mass is 16.1. The van der Waals surface area contributed by atoms with E-state index in [-0.39, 0.29) is 5.91 Å². The van der Waals surface area contributed by atoms with Crippen molar-refractivity contribution in [1.29, 1.82) is 0 Å². The number of carbonyl (C=O) groups is 1. The van der Waals surface area contributed by atoms with Crippen LogP contribution in [0.2, 0.25) is 0 Å². The number of primary amides is 1. The van der Waals surface area contributed by atoms with Crippen LogP contribution in [0.4, 0.5) is 0 Å². The van der Waals surface area contributed by atoms with E-state index < -0.39 is 0 Å². The van der Waals surface area contributed by atoms with Crippen LogP contribution in [-0.2, 0) is 4.79 Å². The van der Waals surface area contributed by atoms with Gasteiger partial charge in [0.1, 0.15) is 0 Å². The first kappa shape index (κ1) is 12.5. The summed E-state index contributed by atoms with van der Waals surface area (Å²) in [6.45, 7) is 6.72. The molecular weight excluding hydrogens is 190 g/mol. The Kier molecular flexibility index (Phi) is 4.54. The molecule has 4 heteroatoms. The molecule has 1 rings (SSSR count). The van der Waals surface area contributed by atoms with Crippen molar-refractivity contribution in [3.05, 3.63) is 0 Å². The third-order valence-corrected chi connectivity index (χ3v) is 3.21. The standard InChI is InChI=1S/C11H23N3O/c1-9(2)14(8-11(12)15)7-10-5-4-6-13(10)3/h9-10H,4-8H2,1-3H3,(H2,12,15)/t10-/m0/s1.